The Labute approximate surface area is 114 Å². The lowest BCUT2D eigenvalue weighted by molar-refractivity contribution is 0.628. The number of pyridine rings is 1. The Balaban J connectivity index is 1.67. The van der Waals surface area contributed by atoms with Crippen molar-refractivity contribution in [3.63, 3.8) is 0 Å². The van der Waals surface area contributed by atoms with E-state index in [1.165, 1.54) is 12.1 Å². The van der Waals surface area contributed by atoms with E-state index in [0.29, 0.717) is 18.2 Å². The summed E-state index contributed by atoms with van der Waals surface area (Å²) in [6.45, 7) is 0.490. The average Bonchev–Trinajstić information content (AvgIpc) is 2.97. The molecule has 0 fully saturated rings. The van der Waals surface area contributed by atoms with E-state index in [-0.39, 0.29) is 5.82 Å². The van der Waals surface area contributed by atoms with Crippen molar-refractivity contribution in [3.05, 3.63) is 60.4 Å². The smallest absolute Gasteiger partial charge is 0.181 e. The van der Waals surface area contributed by atoms with Gasteiger partial charge in [0, 0.05) is 23.6 Å². The van der Waals surface area contributed by atoms with Crippen LogP contribution in [0.5, 0.6) is 0 Å². The summed E-state index contributed by atoms with van der Waals surface area (Å²) < 4.78 is 12.8. The lowest BCUT2D eigenvalue weighted by Crippen LogP contribution is -2.01. The van der Waals surface area contributed by atoms with Gasteiger partial charge in [-0.25, -0.2) is 9.37 Å². The van der Waals surface area contributed by atoms with Crippen LogP contribution in [0.25, 0.3) is 11.4 Å². The Morgan fingerprint density at radius 1 is 1.05 bits per heavy atom. The Bertz CT molecular complexity index is 678. The fourth-order valence-corrected chi connectivity index (χ4v) is 1.76. The normalized spacial score (nSPS) is 10.4. The Morgan fingerprint density at radius 2 is 1.80 bits per heavy atom. The van der Waals surface area contributed by atoms with Crippen LogP contribution in [0.1, 0.15) is 5.82 Å². The Hall–Kier alpha value is -2.76. The molecule has 2 N–H and O–H groups in total. The highest BCUT2D eigenvalue weighted by Gasteiger charge is 2.05. The molecule has 0 aliphatic rings. The SMILES string of the molecule is Fc1ccc(NCc2nc(-c3ccncc3)n[nH]2)cc1. The summed E-state index contributed by atoms with van der Waals surface area (Å²) in [7, 11) is 0. The van der Waals surface area contributed by atoms with Gasteiger partial charge in [0.05, 0.1) is 6.54 Å². The summed E-state index contributed by atoms with van der Waals surface area (Å²) in [6.07, 6.45) is 3.39. The lowest BCUT2D eigenvalue weighted by Gasteiger charge is -2.03. The van der Waals surface area contributed by atoms with E-state index >= 15 is 0 Å². The Morgan fingerprint density at radius 3 is 2.55 bits per heavy atom. The van der Waals surface area contributed by atoms with Gasteiger partial charge < -0.3 is 5.32 Å². The topological polar surface area (TPSA) is 66.5 Å². The highest BCUT2D eigenvalue weighted by Crippen LogP contribution is 2.13. The first-order chi connectivity index (χ1) is 9.81. The van der Waals surface area contributed by atoms with Gasteiger partial charge in [0.25, 0.3) is 0 Å². The highest BCUT2D eigenvalue weighted by atomic mass is 19.1. The van der Waals surface area contributed by atoms with E-state index in [9.17, 15) is 4.39 Å². The lowest BCUT2D eigenvalue weighted by atomic mass is 10.2. The van der Waals surface area contributed by atoms with Crippen molar-refractivity contribution in [1.82, 2.24) is 20.2 Å². The van der Waals surface area contributed by atoms with E-state index in [1.54, 1.807) is 24.5 Å². The van der Waals surface area contributed by atoms with E-state index in [0.717, 1.165) is 11.3 Å². The first kappa shape index (κ1) is 12.3. The molecular weight excluding hydrogens is 257 g/mol. The molecule has 0 amide bonds. The fraction of sp³-hybridized carbons (Fsp3) is 0.0714. The van der Waals surface area contributed by atoms with Crippen molar-refractivity contribution in [3.8, 4) is 11.4 Å². The summed E-state index contributed by atoms with van der Waals surface area (Å²) in [5.41, 5.74) is 1.73. The number of H-pyrrole nitrogens is 1. The van der Waals surface area contributed by atoms with Crippen LogP contribution in [0.15, 0.2) is 48.8 Å². The van der Waals surface area contributed by atoms with Gasteiger partial charge in [0.2, 0.25) is 0 Å². The molecule has 0 saturated heterocycles. The van der Waals surface area contributed by atoms with E-state index in [1.807, 2.05) is 12.1 Å². The van der Waals surface area contributed by atoms with E-state index in [4.69, 9.17) is 0 Å². The maximum absolute atomic E-state index is 12.8. The van der Waals surface area contributed by atoms with Crippen LogP contribution in [0.2, 0.25) is 0 Å². The van der Waals surface area contributed by atoms with Crippen LogP contribution in [0, 0.1) is 5.82 Å². The minimum Gasteiger partial charge on any atom is -0.378 e. The molecule has 0 saturated carbocycles. The molecule has 6 heteroatoms. The zero-order valence-corrected chi connectivity index (χ0v) is 10.5. The molecular formula is C14H12FN5. The number of benzene rings is 1. The fourth-order valence-electron chi connectivity index (χ4n) is 1.76. The van der Waals surface area contributed by atoms with Gasteiger partial charge in [-0.05, 0) is 36.4 Å². The molecule has 5 nitrogen and oxygen atoms in total. The van der Waals surface area contributed by atoms with Crippen LogP contribution in [0.3, 0.4) is 0 Å². The van der Waals surface area contributed by atoms with Crippen LogP contribution in [-0.4, -0.2) is 20.2 Å². The number of anilines is 1. The molecule has 0 aliphatic carbocycles. The molecule has 3 rings (SSSR count). The molecule has 20 heavy (non-hydrogen) atoms. The molecule has 0 spiro atoms. The Kier molecular flexibility index (Phi) is 3.36. The second-order valence-corrected chi connectivity index (χ2v) is 4.20. The van der Waals surface area contributed by atoms with Gasteiger partial charge in [-0.2, -0.15) is 5.10 Å². The van der Waals surface area contributed by atoms with Crippen molar-refractivity contribution in [2.24, 2.45) is 0 Å². The zero-order chi connectivity index (χ0) is 13.8. The van der Waals surface area contributed by atoms with Crippen LogP contribution in [-0.2, 0) is 6.54 Å². The zero-order valence-electron chi connectivity index (χ0n) is 10.5. The van der Waals surface area contributed by atoms with Crippen LogP contribution >= 0.6 is 0 Å². The summed E-state index contributed by atoms with van der Waals surface area (Å²) in [4.78, 5) is 8.33. The minimum atomic E-state index is -0.254. The number of hydrogen-bond donors (Lipinski definition) is 2. The van der Waals surface area contributed by atoms with Gasteiger partial charge in [0.15, 0.2) is 5.82 Å². The first-order valence-corrected chi connectivity index (χ1v) is 6.12. The van der Waals surface area contributed by atoms with Gasteiger partial charge >= 0.3 is 0 Å². The van der Waals surface area contributed by atoms with Gasteiger partial charge in [-0.3, -0.25) is 10.1 Å². The van der Waals surface area contributed by atoms with Gasteiger partial charge in [-0.15, -0.1) is 0 Å². The third-order valence-electron chi connectivity index (χ3n) is 2.77. The molecule has 0 atom stereocenters. The monoisotopic (exact) mass is 269 g/mol. The molecule has 2 aromatic heterocycles. The number of hydrogen-bond acceptors (Lipinski definition) is 4. The number of aromatic amines is 1. The molecule has 0 aliphatic heterocycles. The molecule has 3 aromatic rings. The summed E-state index contributed by atoms with van der Waals surface area (Å²) in [5, 5.41) is 10.2. The van der Waals surface area contributed by atoms with Gasteiger partial charge in [-0.1, -0.05) is 0 Å². The molecule has 100 valence electrons. The van der Waals surface area contributed by atoms with Crippen molar-refractivity contribution in [2.75, 3.05) is 5.32 Å². The number of nitrogens with one attached hydrogen (secondary N) is 2. The quantitative estimate of drug-likeness (QED) is 0.764. The molecule has 1 aromatic carbocycles. The third kappa shape index (κ3) is 2.80. The van der Waals surface area contributed by atoms with Crippen molar-refractivity contribution in [1.29, 1.82) is 0 Å². The maximum atomic E-state index is 12.8. The largest absolute Gasteiger partial charge is 0.378 e. The first-order valence-electron chi connectivity index (χ1n) is 6.12. The predicted octanol–water partition coefficient (Wildman–Crippen LogP) is 2.62. The van der Waals surface area contributed by atoms with E-state index in [2.05, 4.69) is 25.5 Å². The molecule has 2 heterocycles. The second kappa shape index (κ2) is 5.48. The number of rotatable bonds is 4. The maximum Gasteiger partial charge on any atom is 0.181 e. The predicted molar refractivity (Wildman–Crippen MR) is 73.3 cm³/mol. The summed E-state index contributed by atoms with van der Waals surface area (Å²) >= 11 is 0. The number of nitrogens with zero attached hydrogens (tertiary/aromatic N) is 3. The summed E-state index contributed by atoms with van der Waals surface area (Å²) in [6, 6.07) is 9.86. The van der Waals surface area contributed by atoms with Gasteiger partial charge in [0.1, 0.15) is 11.6 Å². The minimum absolute atomic E-state index is 0.254. The van der Waals surface area contributed by atoms with E-state index < -0.39 is 0 Å². The number of aromatic nitrogens is 4. The van der Waals surface area contributed by atoms with Crippen LogP contribution in [0.4, 0.5) is 10.1 Å². The average molecular weight is 269 g/mol. The summed E-state index contributed by atoms with van der Waals surface area (Å²) in [5.74, 6) is 1.08. The molecule has 0 radical (unpaired) electrons. The molecule has 0 bridgehead atoms. The van der Waals surface area contributed by atoms with Crippen molar-refractivity contribution >= 4 is 5.69 Å². The standard InChI is InChI=1S/C14H12FN5/c15-11-1-3-12(4-2-11)17-9-13-18-14(20-19-13)10-5-7-16-8-6-10/h1-8,17H,9H2,(H,18,19,20). The van der Waals surface area contributed by atoms with Crippen molar-refractivity contribution in [2.45, 2.75) is 6.54 Å². The van der Waals surface area contributed by atoms with Crippen molar-refractivity contribution < 1.29 is 4.39 Å². The third-order valence-corrected chi connectivity index (χ3v) is 2.77. The highest BCUT2D eigenvalue weighted by molar-refractivity contribution is 5.53. The second-order valence-electron chi connectivity index (χ2n) is 4.20. The van der Waals surface area contributed by atoms with Crippen LogP contribution < -0.4 is 5.32 Å². The number of halogens is 1. The molecule has 0 unspecified atom stereocenters.